The van der Waals surface area contributed by atoms with Crippen LogP contribution in [0.25, 0.3) is 11.4 Å². The van der Waals surface area contributed by atoms with E-state index in [0.717, 1.165) is 48.8 Å². The van der Waals surface area contributed by atoms with Crippen molar-refractivity contribution in [3.05, 3.63) is 72.1 Å². The van der Waals surface area contributed by atoms with Crippen LogP contribution in [0.15, 0.2) is 55.1 Å². The smallest absolute Gasteiger partial charge is 0.159 e. The van der Waals surface area contributed by atoms with Crippen molar-refractivity contribution >= 4 is 0 Å². The number of rotatable bonds is 3. The van der Waals surface area contributed by atoms with Gasteiger partial charge in [0.2, 0.25) is 0 Å². The van der Waals surface area contributed by atoms with Crippen molar-refractivity contribution in [3.8, 4) is 11.4 Å². The molecule has 0 N–H and O–H groups in total. The fourth-order valence-electron chi connectivity index (χ4n) is 2.88. The Morgan fingerprint density at radius 2 is 1.91 bits per heavy atom. The molecule has 2 aromatic heterocycles. The Hall–Kier alpha value is -2.66. The second-order valence-corrected chi connectivity index (χ2v) is 5.69. The number of nitrogens with zero attached hydrogens (tertiary/aromatic N) is 5. The van der Waals surface area contributed by atoms with Gasteiger partial charge in [0.25, 0.3) is 0 Å². The predicted molar refractivity (Wildman–Crippen MR) is 87.3 cm³/mol. The molecule has 0 unspecified atom stereocenters. The summed E-state index contributed by atoms with van der Waals surface area (Å²) in [5, 5.41) is 0. The van der Waals surface area contributed by atoms with Crippen LogP contribution in [-0.2, 0) is 19.5 Å². The minimum absolute atomic E-state index is 0.812. The number of hydrogen-bond donors (Lipinski definition) is 0. The molecule has 3 aromatic rings. The van der Waals surface area contributed by atoms with Crippen LogP contribution in [0.1, 0.15) is 17.0 Å². The normalized spacial score (nSPS) is 14.4. The predicted octanol–water partition coefficient (Wildman–Crippen LogP) is 2.49. The first kappa shape index (κ1) is 14.0. The molecule has 0 aliphatic carbocycles. The molecule has 0 amide bonds. The maximum Gasteiger partial charge on any atom is 0.159 e. The van der Waals surface area contributed by atoms with Gasteiger partial charge in [-0.1, -0.05) is 30.3 Å². The Balaban J connectivity index is 1.52. The average molecular weight is 303 g/mol. The van der Waals surface area contributed by atoms with Crippen molar-refractivity contribution in [2.75, 3.05) is 6.54 Å². The summed E-state index contributed by atoms with van der Waals surface area (Å²) in [6, 6.07) is 10.1. The summed E-state index contributed by atoms with van der Waals surface area (Å²) < 4.78 is 0. The number of hydrogen-bond acceptors (Lipinski definition) is 5. The summed E-state index contributed by atoms with van der Waals surface area (Å²) >= 11 is 0. The van der Waals surface area contributed by atoms with E-state index in [0.29, 0.717) is 0 Å². The third-order valence-corrected chi connectivity index (χ3v) is 4.05. The highest BCUT2D eigenvalue weighted by Crippen LogP contribution is 2.21. The second-order valence-electron chi connectivity index (χ2n) is 5.69. The topological polar surface area (TPSA) is 54.8 Å². The van der Waals surface area contributed by atoms with E-state index in [4.69, 9.17) is 4.98 Å². The van der Waals surface area contributed by atoms with Gasteiger partial charge in [-0.15, -0.1) is 0 Å². The van der Waals surface area contributed by atoms with Crippen molar-refractivity contribution < 1.29 is 0 Å². The van der Waals surface area contributed by atoms with E-state index >= 15 is 0 Å². The van der Waals surface area contributed by atoms with Crippen LogP contribution in [0.5, 0.6) is 0 Å². The largest absolute Gasteiger partial charge is 0.293 e. The molecule has 3 heterocycles. The van der Waals surface area contributed by atoms with E-state index < -0.39 is 0 Å². The molecule has 114 valence electrons. The molecule has 5 heteroatoms. The summed E-state index contributed by atoms with van der Waals surface area (Å²) in [5.74, 6) is 0.812. The quantitative estimate of drug-likeness (QED) is 0.744. The molecule has 0 radical (unpaired) electrons. The molecule has 0 atom stereocenters. The first-order valence-corrected chi connectivity index (χ1v) is 7.76. The maximum absolute atomic E-state index is 4.76. The van der Waals surface area contributed by atoms with Crippen LogP contribution >= 0.6 is 0 Å². The zero-order chi connectivity index (χ0) is 15.5. The van der Waals surface area contributed by atoms with Gasteiger partial charge in [-0.05, 0) is 0 Å². The minimum Gasteiger partial charge on any atom is -0.293 e. The average Bonchev–Trinajstić information content (AvgIpc) is 2.63. The lowest BCUT2D eigenvalue weighted by Crippen LogP contribution is -2.31. The lowest BCUT2D eigenvalue weighted by molar-refractivity contribution is 0.240. The van der Waals surface area contributed by atoms with Gasteiger partial charge in [0.1, 0.15) is 0 Å². The van der Waals surface area contributed by atoms with Gasteiger partial charge in [-0.25, -0.2) is 9.97 Å². The fraction of sp³-hybridized carbons (Fsp3) is 0.222. The van der Waals surface area contributed by atoms with Crippen LogP contribution in [-0.4, -0.2) is 31.4 Å². The zero-order valence-electron chi connectivity index (χ0n) is 12.8. The highest BCUT2D eigenvalue weighted by molar-refractivity contribution is 5.54. The second kappa shape index (κ2) is 6.22. The Bertz CT molecular complexity index is 789. The molecule has 0 fully saturated rings. The fourth-order valence-corrected chi connectivity index (χ4v) is 2.88. The molecule has 0 saturated heterocycles. The van der Waals surface area contributed by atoms with Crippen molar-refractivity contribution in [2.24, 2.45) is 0 Å². The maximum atomic E-state index is 4.76. The van der Waals surface area contributed by atoms with Crippen LogP contribution in [0.2, 0.25) is 0 Å². The van der Waals surface area contributed by atoms with Crippen molar-refractivity contribution in [2.45, 2.75) is 19.5 Å². The first-order valence-electron chi connectivity index (χ1n) is 7.76. The minimum atomic E-state index is 0.812. The van der Waals surface area contributed by atoms with E-state index in [2.05, 4.69) is 19.9 Å². The van der Waals surface area contributed by atoms with E-state index in [1.165, 1.54) is 5.56 Å². The van der Waals surface area contributed by atoms with Gasteiger partial charge in [0, 0.05) is 62.0 Å². The molecule has 5 nitrogen and oxygen atoms in total. The van der Waals surface area contributed by atoms with Crippen LogP contribution in [0, 0.1) is 0 Å². The Morgan fingerprint density at radius 3 is 2.74 bits per heavy atom. The van der Waals surface area contributed by atoms with Gasteiger partial charge < -0.3 is 0 Å². The molecule has 1 aliphatic rings. The third kappa shape index (κ3) is 3.10. The summed E-state index contributed by atoms with van der Waals surface area (Å²) in [5.41, 5.74) is 4.43. The number of benzene rings is 1. The molecule has 0 bridgehead atoms. The number of fused-ring (bicyclic) bond motifs is 1. The third-order valence-electron chi connectivity index (χ3n) is 4.05. The van der Waals surface area contributed by atoms with Crippen LogP contribution in [0.3, 0.4) is 0 Å². The molecule has 1 aliphatic heterocycles. The van der Waals surface area contributed by atoms with Gasteiger partial charge in [0.05, 0.1) is 11.4 Å². The molecule has 0 saturated carbocycles. The Kier molecular flexibility index (Phi) is 3.78. The van der Waals surface area contributed by atoms with Gasteiger partial charge in [-0.2, -0.15) is 0 Å². The van der Waals surface area contributed by atoms with Crippen molar-refractivity contribution in [3.63, 3.8) is 0 Å². The highest BCUT2D eigenvalue weighted by Gasteiger charge is 2.19. The van der Waals surface area contributed by atoms with Gasteiger partial charge in [0.15, 0.2) is 5.82 Å². The van der Waals surface area contributed by atoms with Crippen molar-refractivity contribution in [1.29, 1.82) is 0 Å². The lowest BCUT2D eigenvalue weighted by Gasteiger charge is -2.27. The van der Waals surface area contributed by atoms with Crippen LogP contribution in [0.4, 0.5) is 0 Å². The summed E-state index contributed by atoms with van der Waals surface area (Å²) in [4.78, 5) is 20.1. The molecule has 0 spiro atoms. The SMILES string of the molecule is c1ccc(-c2ncc3c(n2)CCN(Cc2cnccn2)C3)cc1. The van der Waals surface area contributed by atoms with Crippen LogP contribution < -0.4 is 0 Å². The summed E-state index contributed by atoms with van der Waals surface area (Å²) in [6.07, 6.45) is 8.17. The molecule has 23 heavy (non-hydrogen) atoms. The Labute approximate surface area is 135 Å². The standard InChI is InChI=1S/C18H17N5/c1-2-4-14(5-3-1)18-21-10-15-12-23(9-6-17(15)22-18)13-16-11-19-7-8-20-16/h1-5,7-8,10-11H,6,9,12-13H2. The van der Waals surface area contributed by atoms with Gasteiger partial charge >= 0.3 is 0 Å². The van der Waals surface area contributed by atoms with Crippen molar-refractivity contribution in [1.82, 2.24) is 24.8 Å². The first-order chi connectivity index (χ1) is 11.4. The summed E-state index contributed by atoms with van der Waals surface area (Å²) in [7, 11) is 0. The van der Waals surface area contributed by atoms with E-state index in [1.54, 1.807) is 12.4 Å². The van der Waals surface area contributed by atoms with Gasteiger partial charge in [-0.3, -0.25) is 14.9 Å². The number of aromatic nitrogens is 4. The molecular formula is C18H17N5. The highest BCUT2D eigenvalue weighted by atomic mass is 15.1. The monoisotopic (exact) mass is 303 g/mol. The molecule has 1 aromatic carbocycles. The van der Waals surface area contributed by atoms with E-state index in [9.17, 15) is 0 Å². The Morgan fingerprint density at radius 1 is 1.00 bits per heavy atom. The lowest BCUT2D eigenvalue weighted by atomic mass is 10.1. The van der Waals surface area contributed by atoms with E-state index in [-0.39, 0.29) is 0 Å². The van der Waals surface area contributed by atoms with E-state index in [1.807, 2.05) is 42.7 Å². The zero-order valence-corrected chi connectivity index (χ0v) is 12.8. The molecular weight excluding hydrogens is 286 g/mol. The molecule has 4 rings (SSSR count). The summed E-state index contributed by atoms with van der Waals surface area (Å²) in [6.45, 7) is 2.66.